The average molecular weight is 238 g/mol. The highest BCUT2D eigenvalue weighted by Crippen LogP contribution is 2.70. The van der Waals surface area contributed by atoms with Gasteiger partial charge in [0.2, 0.25) is 0 Å². The van der Waals surface area contributed by atoms with Crippen molar-refractivity contribution in [3.05, 3.63) is 0 Å². The molecule has 4 atom stereocenters. The Labute approximate surface area is 105 Å². The molecule has 2 nitrogen and oxygen atoms in total. The van der Waals surface area contributed by atoms with Crippen molar-refractivity contribution >= 4 is 0 Å². The Morgan fingerprint density at radius 1 is 1.12 bits per heavy atom. The summed E-state index contributed by atoms with van der Waals surface area (Å²) in [6.07, 6.45) is 5.98. The summed E-state index contributed by atoms with van der Waals surface area (Å²) in [6.45, 7) is 8.54. The molecule has 0 radical (unpaired) electrons. The molecular weight excluding hydrogens is 212 g/mol. The fraction of sp³-hybridized carbons (Fsp3) is 1.00. The Kier molecular flexibility index (Phi) is 2.45. The predicted molar refractivity (Wildman–Crippen MR) is 67.7 cm³/mol. The molecule has 17 heavy (non-hydrogen) atoms. The lowest BCUT2D eigenvalue weighted by molar-refractivity contribution is -0.202. The molecule has 98 valence electrons. The van der Waals surface area contributed by atoms with Crippen LogP contribution in [0.25, 0.3) is 0 Å². The number of rotatable bonds is 1. The Bertz CT molecular complexity index is 312. The lowest BCUT2D eigenvalue weighted by Crippen LogP contribution is -2.60. The van der Waals surface area contributed by atoms with E-state index in [9.17, 15) is 5.11 Å². The summed E-state index contributed by atoms with van der Waals surface area (Å²) in [7, 11) is 0. The number of hydrogen-bond acceptors (Lipinski definition) is 2. The van der Waals surface area contributed by atoms with Crippen molar-refractivity contribution in [3.63, 3.8) is 0 Å². The summed E-state index contributed by atoms with van der Waals surface area (Å²) in [6, 6.07) is 0. The van der Waals surface area contributed by atoms with Gasteiger partial charge >= 0.3 is 0 Å². The Morgan fingerprint density at radius 2 is 1.88 bits per heavy atom. The zero-order valence-electron chi connectivity index (χ0n) is 11.5. The first-order valence-corrected chi connectivity index (χ1v) is 7.22. The lowest BCUT2D eigenvalue weighted by atomic mass is 9.55. The van der Waals surface area contributed by atoms with Gasteiger partial charge in [0.15, 0.2) is 0 Å². The van der Waals surface area contributed by atoms with Crippen LogP contribution in [0, 0.1) is 22.7 Å². The van der Waals surface area contributed by atoms with Gasteiger partial charge in [0.25, 0.3) is 0 Å². The molecule has 1 saturated heterocycles. The molecule has 1 aliphatic heterocycles. The standard InChI is InChI=1S/C15H26O2/c1-13(2)11-6-7-14(3,9-11)15(13,16)12-5-4-8-17-10-12/h11-12,16H,4-10H2,1-3H3. The van der Waals surface area contributed by atoms with Crippen LogP contribution in [-0.2, 0) is 4.74 Å². The first-order chi connectivity index (χ1) is 7.92. The van der Waals surface area contributed by atoms with E-state index in [0.29, 0.717) is 11.8 Å². The maximum atomic E-state index is 11.5. The maximum Gasteiger partial charge on any atom is 0.0804 e. The zero-order chi connectivity index (χ0) is 12.3. The van der Waals surface area contributed by atoms with E-state index >= 15 is 0 Å². The van der Waals surface area contributed by atoms with Crippen LogP contribution in [0.3, 0.4) is 0 Å². The van der Waals surface area contributed by atoms with E-state index in [0.717, 1.165) is 26.1 Å². The van der Waals surface area contributed by atoms with Gasteiger partial charge in [0, 0.05) is 12.5 Å². The molecule has 2 heteroatoms. The fourth-order valence-corrected chi connectivity index (χ4v) is 5.38. The third kappa shape index (κ3) is 1.29. The molecule has 0 aromatic rings. The van der Waals surface area contributed by atoms with Gasteiger partial charge in [-0.15, -0.1) is 0 Å². The van der Waals surface area contributed by atoms with Crippen molar-refractivity contribution in [1.29, 1.82) is 0 Å². The highest BCUT2D eigenvalue weighted by atomic mass is 16.5. The van der Waals surface area contributed by atoms with Gasteiger partial charge in [-0.2, -0.15) is 0 Å². The molecule has 1 N–H and O–H groups in total. The van der Waals surface area contributed by atoms with E-state index in [-0.39, 0.29) is 10.8 Å². The van der Waals surface area contributed by atoms with E-state index in [4.69, 9.17) is 4.74 Å². The molecule has 3 fully saturated rings. The molecule has 3 aliphatic rings. The van der Waals surface area contributed by atoms with Crippen LogP contribution < -0.4 is 0 Å². The zero-order valence-corrected chi connectivity index (χ0v) is 11.5. The van der Waals surface area contributed by atoms with Crippen molar-refractivity contribution in [3.8, 4) is 0 Å². The summed E-state index contributed by atoms with van der Waals surface area (Å²) in [4.78, 5) is 0. The number of ether oxygens (including phenoxy) is 1. The van der Waals surface area contributed by atoms with Gasteiger partial charge in [-0.3, -0.25) is 0 Å². The quantitative estimate of drug-likeness (QED) is 0.761. The molecule has 2 bridgehead atoms. The van der Waals surface area contributed by atoms with Gasteiger partial charge in [0.1, 0.15) is 0 Å². The third-order valence-corrected chi connectivity index (χ3v) is 6.42. The smallest absolute Gasteiger partial charge is 0.0804 e. The molecule has 3 rings (SSSR count). The molecule has 2 saturated carbocycles. The highest BCUT2D eigenvalue weighted by molar-refractivity contribution is 5.20. The van der Waals surface area contributed by atoms with Crippen molar-refractivity contribution in [2.24, 2.45) is 22.7 Å². The first-order valence-electron chi connectivity index (χ1n) is 7.22. The number of hydrogen-bond donors (Lipinski definition) is 1. The monoisotopic (exact) mass is 238 g/mol. The summed E-state index contributed by atoms with van der Waals surface area (Å²) >= 11 is 0. The van der Waals surface area contributed by atoms with Crippen LogP contribution >= 0.6 is 0 Å². The van der Waals surface area contributed by atoms with Crippen molar-refractivity contribution in [2.75, 3.05) is 13.2 Å². The number of fused-ring (bicyclic) bond motifs is 2. The summed E-state index contributed by atoms with van der Waals surface area (Å²) in [5, 5.41) is 11.5. The molecule has 2 aliphatic carbocycles. The molecule has 0 amide bonds. The second-order valence-corrected chi connectivity index (χ2v) is 7.40. The van der Waals surface area contributed by atoms with Gasteiger partial charge in [-0.05, 0) is 48.9 Å². The van der Waals surface area contributed by atoms with Gasteiger partial charge in [-0.1, -0.05) is 20.8 Å². The minimum absolute atomic E-state index is 0.0609. The van der Waals surface area contributed by atoms with Gasteiger partial charge in [-0.25, -0.2) is 0 Å². The Morgan fingerprint density at radius 3 is 2.41 bits per heavy atom. The second kappa shape index (κ2) is 3.48. The highest BCUT2D eigenvalue weighted by Gasteiger charge is 2.70. The Balaban J connectivity index is 1.98. The van der Waals surface area contributed by atoms with Crippen LogP contribution in [0.4, 0.5) is 0 Å². The van der Waals surface area contributed by atoms with Crippen LogP contribution in [0.2, 0.25) is 0 Å². The first kappa shape index (κ1) is 12.0. The summed E-state index contributed by atoms with van der Waals surface area (Å²) < 4.78 is 5.65. The molecule has 0 spiro atoms. The van der Waals surface area contributed by atoms with E-state index in [1.807, 2.05) is 0 Å². The van der Waals surface area contributed by atoms with E-state index in [1.54, 1.807) is 0 Å². The minimum Gasteiger partial charge on any atom is -0.388 e. The predicted octanol–water partition coefficient (Wildman–Crippen LogP) is 2.99. The lowest BCUT2D eigenvalue weighted by Gasteiger charge is -2.55. The van der Waals surface area contributed by atoms with Gasteiger partial charge < -0.3 is 9.84 Å². The molecule has 4 unspecified atom stereocenters. The third-order valence-electron chi connectivity index (χ3n) is 6.42. The van der Waals surface area contributed by atoms with Crippen LogP contribution in [0.5, 0.6) is 0 Å². The SMILES string of the molecule is CC12CCC(C1)C(C)(C)C2(O)C1CCCOC1. The molecule has 0 aromatic heterocycles. The topological polar surface area (TPSA) is 29.5 Å². The van der Waals surface area contributed by atoms with Crippen molar-refractivity contribution in [2.45, 2.75) is 58.5 Å². The minimum atomic E-state index is -0.511. The second-order valence-electron chi connectivity index (χ2n) is 7.40. The van der Waals surface area contributed by atoms with Crippen LogP contribution in [0.1, 0.15) is 52.9 Å². The summed E-state index contributed by atoms with van der Waals surface area (Å²) in [5.41, 5.74) is -0.318. The summed E-state index contributed by atoms with van der Waals surface area (Å²) in [5.74, 6) is 1.06. The molecule has 1 heterocycles. The Hall–Kier alpha value is -0.0800. The van der Waals surface area contributed by atoms with Crippen molar-refractivity contribution in [1.82, 2.24) is 0 Å². The normalized spacial score (nSPS) is 52.9. The van der Waals surface area contributed by atoms with Crippen molar-refractivity contribution < 1.29 is 9.84 Å². The molecular formula is C15H26O2. The maximum absolute atomic E-state index is 11.5. The van der Waals surface area contributed by atoms with Crippen LogP contribution in [0.15, 0.2) is 0 Å². The largest absolute Gasteiger partial charge is 0.388 e. The van der Waals surface area contributed by atoms with E-state index in [1.165, 1.54) is 19.3 Å². The van der Waals surface area contributed by atoms with E-state index < -0.39 is 5.60 Å². The van der Waals surface area contributed by atoms with Crippen LogP contribution in [-0.4, -0.2) is 23.9 Å². The average Bonchev–Trinajstić information content (AvgIpc) is 2.78. The number of aliphatic hydroxyl groups is 1. The molecule has 0 aromatic carbocycles. The van der Waals surface area contributed by atoms with Gasteiger partial charge in [0.05, 0.1) is 12.2 Å². The fourth-order valence-electron chi connectivity index (χ4n) is 5.38. The van der Waals surface area contributed by atoms with E-state index in [2.05, 4.69) is 20.8 Å².